The predicted molar refractivity (Wildman–Crippen MR) is 424 cm³/mol. The molecule has 5 heterocycles. The number of Topliss-reactive ketones (excluding diaryl/α,β-unsaturated/α-hetero) is 1. The minimum atomic E-state index is -1.96. The first-order chi connectivity index (χ1) is 51.4. The quantitative estimate of drug-likeness (QED) is 0.0175. The largest absolute Gasteiger partial charge is 0.507 e. The van der Waals surface area contributed by atoms with Gasteiger partial charge in [0.05, 0.1) is 87.6 Å². The van der Waals surface area contributed by atoms with Crippen LogP contribution in [0.4, 0.5) is 17.1 Å². The van der Waals surface area contributed by atoms with Crippen LogP contribution >= 0.6 is 23.2 Å². The number of aromatic nitrogens is 2. The SMILES string of the molecule is CC(C)N=c1cc2n(-c3ccc(Cl)cc3)c3ccccc3nc-2cc1Nc1ccc(Cl)cc1.CC[C@@H](CO)NCCN[C@@H](CC)CO.CO[C@H]1/C=C\O[C@@]2(C)Oc3c(C)c(O)c4c(O)c(c5c(c4c3C2=O)=NC2(CCN(CC(C)C)CC2)N=5)NC(=O)/C(C)=C/C=C\[C@H](C)[C@H](O)[C@@H](C)[C@@H](O)[C@H](C)[C@@H](OC(C)=O)[C@@H]1C. The number of amides is 1. The fourth-order valence-electron chi connectivity index (χ4n) is 14.3. The van der Waals surface area contributed by atoms with E-state index in [4.69, 9.17) is 72.3 Å². The van der Waals surface area contributed by atoms with Gasteiger partial charge in [0.1, 0.15) is 28.6 Å². The molecule has 4 bridgehead atoms. The maximum Gasteiger partial charge on any atom is 0.312 e. The molecule has 5 aromatic rings. The number of fused-ring (bicyclic) bond motifs is 3. The standard InChI is InChI=1S/C46H62N4O11.C27H22Cl2N4.C10H24N2O2/c1-22(2)21-50-18-16-46(17-19-50)48-34-31-32-39(54)28(8)42-33(31)43(56)45(10,61-42)59-20-15-30(58-11)25(5)41(60-29(9)51)27(7)38(53)26(6)37(52)23(3)13-12-14-24(4)44(57)47-36(40(32)55)35(34)49-46;1-17(2)30-24-16-27-25(15-23(24)31-20-11-7-18(28)8-12-20)32-22-5-3-4-6-26(22)33(27)21-13-9-19(29)10-14-21;1-3-9(7-13)11-5-6-12-10(4-2)8-14/h12-15,20,22-23,25-27,30,37-38,41,52-55H,16-19,21H2,1-11H3,(H,47,57);3-17,31H,1-2H3;9-14H,3-8H2,1-2H3/b13-12-,20-15-,24-14+;;/t23-,25+,26+,27-,30-,37-,38+,41-,45-;;9-,10-/m0.0/s1. The number of aromatic hydroxyl groups is 2. The lowest BCUT2D eigenvalue weighted by Gasteiger charge is -2.38. The van der Waals surface area contributed by atoms with Crippen LogP contribution in [-0.2, 0) is 23.8 Å². The van der Waals surface area contributed by atoms with E-state index in [9.17, 15) is 34.8 Å². The number of carbonyl (C=O) groups excluding carboxylic acids is 3. The van der Waals surface area contributed by atoms with Gasteiger partial charge in [0.15, 0.2) is 11.4 Å². The predicted octanol–water partition coefficient (Wildman–Crippen LogP) is 11.9. The summed E-state index contributed by atoms with van der Waals surface area (Å²) in [6.45, 7) is 29.8. The van der Waals surface area contributed by atoms with Crippen LogP contribution in [0.15, 0.2) is 136 Å². The first kappa shape index (κ1) is 83.7. The fourth-order valence-corrected chi connectivity index (χ4v) is 14.6. The molecule has 1 saturated heterocycles. The number of phenolic OH excluding ortho intramolecular Hbond substituents is 2. The number of para-hydroxylation sites is 2. The minimum absolute atomic E-state index is 0.0364. The zero-order chi connectivity index (χ0) is 78.6. The number of benzene rings is 6. The molecule has 5 aromatic carbocycles. The van der Waals surface area contributed by atoms with E-state index in [1.54, 1.807) is 65.8 Å². The van der Waals surface area contributed by atoms with Gasteiger partial charge in [-0.25, -0.2) is 4.98 Å². The lowest BCUT2D eigenvalue weighted by atomic mass is 9.78. The summed E-state index contributed by atoms with van der Waals surface area (Å²) in [6.07, 6.45) is 6.91. The number of ether oxygens (including phenoxy) is 4. The average molecular weight is 1520 g/mol. The first-order valence-corrected chi connectivity index (χ1v) is 38.2. The van der Waals surface area contributed by atoms with Crippen LogP contribution < -0.4 is 42.1 Å². The Morgan fingerprint density at radius 3 is 2.02 bits per heavy atom. The molecule has 23 nitrogen and oxygen atoms in total. The number of phenols is 2. The number of piperidine rings is 1. The zero-order valence-corrected chi connectivity index (χ0v) is 66.2. The number of rotatable bonds is 17. The summed E-state index contributed by atoms with van der Waals surface area (Å²) in [4.78, 5) is 63.5. The number of aliphatic hydroxyl groups excluding tert-OH is 4. The number of nitrogens with one attached hydrogen (secondary N) is 4. The highest BCUT2D eigenvalue weighted by atomic mass is 35.5. The Kier molecular flexibility index (Phi) is 28.6. The van der Waals surface area contributed by atoms with E-state index in [0.717, 1.165) is 77.3 Å². The number of anilines is 3. The van der Waals surface area contributed by atoms with E-state index in [1.165, 1.54) is 27.2 Å². The van der Waals surface area contributed by atoms with Gasteiger partial charge >= 0.3 is 11.8 Å². The van der Waals surface area contributed by atoms with Gasteiger partial charge < -0.3 is 80.3 Å². The molecule has 6 aliphatic rings. The van der Waals surface area contributed by atoms with Crippen LogP contribution in [0.25, 0.3) is 38.9 Å². The van der Waals surface area contributed by atoms with Gasteiger partial charge in [-0.2, -0.15) is 0 Å². The number of hydrogen-bond donors (Lipinski definition) is 10. The molecule has 1 amide bonds. The summed E-state index contributed by atoms with van der Waals surface area (Å²) in [5.41, 5.74) is 6.02. The van der Waals surface area contributed by atoms with Crippen LogP contribution in [0.2, 0.25) is 10.0 Å². The third-order valence-corrected chi connectivity index (χ3v) is 21.1. The Hall–Kier alpha value is -8.33. The molecule has 5 aliphatic heterocycles. The van der Waals surface area contributed by atoms with Gasteiger partial charge in [0.2, 0.25) is 0 Å². The number of carbonyl (C=O) groups is 3. The zero-order valence-electron chi connectivity index (χ0n) is 64.7. The van der Waals surface area contributed by atoms with Gasteiger partial charge in [0.25, 0.3) is 11.7 Å². The van der Waals surface area contributed by atoms with Crippen molar-refractivity contribution in [1.29, 1.82) is 0 Å². The van der Waals surface area contributed by atoms with Crippen molar-refractivity contribution >= 4 is 79.7 Å². The molecule has 0 radical (unpaired) electrons. The number of esters is 1. The highest BCUT2D eigenvalue weighted by molar-refractivity contribution is 6.31. The average Bonchev–Trinajstić information content (AvgIpc) is 1.52. The number of likely N-dealkylation sites (tertiary alicyclic amines) is 1. The third-order valence-electron chi connectivity index (χ3n) is 20.6. The van der Waals surface area contributed by atoms with Gasteiger partial charge in [0, 0.05) is 146 Å². The van der Waals surface area contributed by atoms with Crippen LogP contribution in [0.5, 0.6) is 17.2 Å². The van der Waals surface area contributed by atoms with Crippen LogP contribution in [0.1, 0.15) is 132 Å². The Morgan fingerprint density at radius 2 is 1.43 bits per heavy atom. The molecule has 0 saturated carbocycles. The second-order valence-corrected chi connectivity index (χ2v) is 30.4. The van der Waals surface area contributed by atoms with Gasteiger partial charge in [-0.15, -0.1) is 0 Å². The Labute approximate surface area is 642 Å². The molecular formula is C83H108Cl2N10O13. The summed E-state index contributed by atoms with van der Waals surface area (Å²) >= 11 is 12.2. The summed E-state index contributed by atoms with van der Waals surface area (Å²) in [6, 6.07) is 28.3. The van der Waals surface area contributed by atoms with Crippen molar-refractivity contribution in [3.8, 4) is 34.3 Å². The van der Waals surface area contributed by atoms with E-state index in [0.29, 0.717) is 41.9 Å². The number of allylic oxidation sites excluding steroid dienone is 2. The molecular weight excluding hydrogens is 1420 g/mol. The van der Waals surface area contributed by atoms with Crippen LogP contribution in [0.3, 0.4) is 0 Å². The van der Waals surface area contributed by atoms with Crippen LogP contribution in [-0.4, -0.2) is 170 Å². The van der Waals surface area contributed by atoms with Crippen LogP contribution in [0, 0.1) is 36.5 Å². The molecule has 0 unspecified atom stereocenters. The van der Waals surface area contributed by atoms with Gasteiger partial charge in [-0.1, -0.05) is 109 Å². The normalized spacial score (nSPS) is 24.1. The molecule has 10 N–H and O–H groups in total. The molecule has 25 heteroatoms. The lowest BCUT2D eigenvalue weighted by Crippen LogP contribution is -2.46. The monoisotopic (exact) mass is 1520 g/mol. The van der Waals surface area contributed by atoms with Gasteiger partial charge in [-0.3, -0.25) is 29.4 Å². The minimum Gasteiger partial charge on any atom is -0.507 e. The number of halogens is 2. The number of methoxy groups -OCH3 is 1. The molecule has 1 spiro atoms. The van der Waals surface area contributed by atoms with Crippen molar-refractivity contribution in [2.75, 3.05) is 63.7 Å². The summed E-state index contributed by atoms with van der Waals surface area (Å²) in [5, 5.41) is 80.2. The summed E-state index contributed by atoms with van der Waals surface area (Å²) in [5.74, 6) is -6.44. The van der Waals surface area contributed by atoms with E-state index >= 15 is 0 Å². The third kappa shape index (κ3) is 19.3. The smallest absolute Gasteiger partial charge is 0.312 e. The highest BCUT2D eigenvalue weighted by Crippen LogP contribution is 2.50. The van der Waals surface area contributed by atoms with Gasteiger partial charge in [-0.05, 0) is 125 Å². The molecule has 1 fully saturated rings. The Morgan fingerprint density at radius 1 is 0.806 bits per heavy atom. The molecule has 11 atom stereocenters. The molecule has 108 heavy (non-hydrogen) atoms. The second-order valence-electron chi connectivity index (χ2n) is 29.6. The van der Waals surface area contributed by atoms with Crippen molar-refractivity contribution in [2.45, 2.75) is 177 Å². The Bertz CT molecular complexity index is 4580. The van der Waals surface area contributed by atoms with E-state index < -0.39 is 82.9 Å². The number of hydrogen-bond acceptors (Lipinski definition) is 21. The fraction of sp³-hybridized carbons (Fsp3) is 0.482. The molecule has 11 rings (SSSR count). The van der Waals surface area contributed by atoms with Crippen molar-refractivity contribution in [3.63, 3.8) is 0 Å². The maximum absolute atomic E-state index is 14.7. The number of nitrogens with zero attached hydrogens (tertiary/aromatic N) is 6. The Balaban J connectivity index is 0.000000236. The second kappa shape index (κ2) is 36.9. The number of aliphatic hydroxyl groups is 4. The maximum atomic E-state index is 14.7. The van der Waals surface area contributed by atoms with E-state index in [2.05, 4.69) is 76.6 Å². The van der Waals surface area contributed by atoms with Crippen molar-refractivity contribution < 1.29 is 64.0 Å². The number of ketones is 1. The first-order valence-electron chi connectivity index (χ1n) is 37.4. The van der Waals surface area contributed by atoms with E-state index in [1.807, 2.05) is 80.6 Å². The lowest BCUT2D eigenvalue weighted by molar-refractivity contribution is -0.160. The van der Waals surface area contributed by atoms with Crippen molar-refractivity contribution in [2.24, 2.45) is 44.6 Å². The summed E-state index contributed by atoms with van der Waals surface area (Å²) < 4.78 is 26.2. The van der Waals surface area contributed by atoms with Crippen molar-refractivity contribution in [1.82, 2.24) is 25.1 Å². The van der Waals surface area contributed by atoms with Crippen molar-refractivity contribution in [3.05, 3.63) is 158 Å². The van der Waals surface area contributed by atoms with E-state index in [-0.39, 0.29) is 86.7 Å². The molecule has 582 valence electrons. The molecule has 0 aromatic heterocycles. The topological polar surface area (TPSA) is 316 Å². The molecule has 1 aliphatic carbocycles. The summed E-state index contributed by atoms with van der Waals surface area (Å²) in [7, 11) is 1.47. The highest BCUT2D eigenvalue weighted by Gasteiger charge is 2.50.